The summed E-state index contributed by atoms with van der Waals surface area (Å²) in [5, 5.41) is 3.83. The molecule has 0 spiro atoms. The van der Waals surface area contributed by atoms with Crippen LogP contribution >= 0.6 is 0 Å². The lowest BCUT2D eigenvalue weighted by atomic mass is 10.2. The van der Waals surface area contributed by atoms with Crippen LogP contribution in [0.4, 0.5) is 11.4 Å². The lowest BCUT2D eigenvalue weighted by molar-refractivity contribution is 0.102. The molecule has 0 aliphatic rings. The first-order valence-corrected chi connectivity index (χ1v) is 10.8. The third-order valence-corrected chi connectivity index (χ3v) is 5.43. The van der Waals surface area contributed by atoms with Crippen molar-refractivity contribution in [1.29, 1.82) is 0 Å². The standard InChI is InChI=1S/C22H18N4O4S/c27-21(23-18-10-11-19-20(14-18)25-22(28)24-19)16-6-8-17(9-7-16)26-31(29,30)13-12-15-4-2-1-3-5-15/h1-14,26H,(H,23,27)(H2,24,25,28)/b13-12+. The van der Waals surface area contributed by atoms with E-state index in [4.69, 9.17) is 0 Å². The van der Waals surface area contributed by atoms with E-state index in [1.54, 1.807) is 30.3 Å². The number of carbonyl (C=O) groups is 1. The number of hydrogen-bond acceptors (Lipinski definition) is 4. The number of hydrogen-bond donors (Lipinski definition) is 4. The smallest absolute Gasteiger partial charge is 0.322 e. The van der Waals surface area contributed by atoms with Crippen molar-refractivity contribution in [2.75, 3.05) is 10.0 Å². The molecule has 156 valence electrons. The Morgan fingerprint density at radius 2 is 1.52 bits per heavy atom. The number of imidazole rings is 1. The van der Waals surface area contributed by atoms with Gasteiger partial charge >= 0.3 is 5.69 Å². The van der Waals surface area contributed by atoms with Gasteiger partial charge in [-0.1, -0.05) is 30.3 Å². The summed E-state index contributed by atoms with van der Waals surface area (Å²) in [6.07, 6.45) is 1.50. The molecule has 0 aliphatic carbocycles. The van der Waals surface area contributed by atoms with Crippen molar-refractivity contribution < 1.29 is 13.2 Å². The maximum Gasteiger partial charge on any atom is 0.323 e. The molecular formula is C22H18N4O4S. The second kappa shape index (κ2) is 8.33. The van der Waals surface area contributed by atoms with Crippen molar-refractivity contribution in [2.45, 2.75) is 0 Å². The number of H-pyrrole nitrogens is 2. The van der Waals surface area contributed by atoms with Crippen molar-refractivity contribution in [2.24, 2.45) is 0 Å². The first-order valence-electron chi connectivity index (χ1n) is 9.27. The van der Waals surface area contributed by atoms with E-state index in [9.17, 15) is 18.0 Å². The van der Waals surface area contributed by atoms with Crippen LogP contribution < -0.4 is 15.7 Å². The van der Waals surface area contributed by atoms with Crippen molar-refractivity contribution in [3.8, 4) is 0 Å². The third kappa shape index (κ3) is 5.09. The molecule has 0 unspecified atom stereocenters. The number of aromatic amines is 2. The van der Waals surface area contributed by atoms with Crippen molar-refractivity contribution in [3.63, 3.8) is 0 Å². The molecule has 0 atom stereocenters. The van der Waals surface area contributed by atoms with Gasteiger partial charge in [0.2, 0.25) is 0 Å². The summed E-state index contributed by atoms with van der Waals surface area (Å²) in [5.41, 5.74) is 2.86. The Labute approximate surface area is 177 Å². The minimum atomic E-state index is -3.70. The van der Waals surface area contributed by atoms with E-state index < -0.39 is 10.0 Å². The topological polar surface area (TPSA) is 124 Å². The number of carbonyl (C=O) groups excluding carboxylic acids is 1. The van der Waals surface area contributed by atoms with Gasteiger partial charge in [-0.25, -0.2) is 13.2 Å². The number of amides is 1. The summed E-state index contributed by atoms with van der Waals surface area (Å²) < 4.78 is 26.9. The summed E-state index contributed by atoms with van der Waals surface area (Å²) in [6, 6.07) is 20.1. The van der Waals surface area contributed by atoms with Crippen molar-refractivity contribution in [1.82, 2.24) is 9.97 Å². The zero-order valence-electron chi connectivity index (χ0n) is 16.1. The Bertz CT molecular complexity index is 1420. The van der Waals surface area contributed by atoms with Gasteiger partial charge in [0.05, 0.1) is 16.4 Å². The highest BCUT2D eigenvalue weighted by Gasteiger charge is 2.10. The maximum absolute atomic E-state index is 12.5. The van der Waals surface area contributed by atoms with Crippen LogP contribution in [0, 0.1) is 0 Å². The number of nitrogens with one attached hydrogen (secondary N) is 4. The molecule has 0 fully saturated rings. The fraction of sp³-hybridized carbons (Fsp3) is 0. The van der Waals surface area contributed by atoms with Crippen LogP contribution in [0.1, 0.15) is 15.9 Å². The predicted octanol–water partition coefficient (Wildman–Crippen LogP) is 3.52. The zero-order chi connectivity index (χ0) is 21.8. The lowest BCUT2D eigenvalue weighted by Crippen LogP contribution is -2.12. The number of fused-ring (bicyclic) bond motifs is 1. The number of anilines is 2. The molecule has 3 aromatic carbocycles. The maximum atomic E-state index is 12.5. The molecule has 1 amide bonds. The van der Waals surface area contributed by atoms with Crippen LogP contribution in [0.2, 0.25) is 0 Å². The average Bonchev–Trinajstić information content (AvgIpc) is 3.12. The molecular weight excluding hydrogens is 416 g/mol. The van der Waals surface area contributed by atoms with Crippen molar-refractivity contribution in [3.05, 3.63) is 99.8 Å². The van der Waals surface area contributed by atoms with Gasteiger partial charge in [-0.3, -0.25) is 9.52 Å². The molecule has 9 heteroatoms. The van der Waals surface area contributed by atoms with Crippen LogP contribution in [-0.4, -0.2) is 24.3 Å². The molecule has 8 nitrogen and oxygen atoms in total. The van der Waals surface area contributed by atoms with E-state index in [1.165, 1.54) is 30.3 Å². The summed E-state index contributed by atoms with van der Waals surface area (Å²) in [5.74, 6) is -0.365. The second-order valence-corrected chi connectivity index (χ2v) is 8.30. The van der Waals surface area contributed by atoms with Gasteiger partial charge in [0.25, 0.3) is 15.9 Å². The van der Waals surface area contributed by atoms with Gasteiger partial charge < -0.3 is 15.3 Å². The predicted molar refractivity (Wildman–Crippen MR) is 121 cm³/mol. The average molecular weight is 434 g/mol. The van der Waals surface area contributed by atoms with E-state index in [2.05, 4.69) is 20.0 Å². The van der Waals surface area contributed by atoms with Crippen LogP contribution in [0.25, 0.3) is 17.1 Å². The Balaban J connectivity index is 1.42. The quantitative estimate of drug-likeness (QED) is 0.371. The normalized spacial score (nSPS) is 11.6. The molecule has 0 radical (unpaired) electrons. The van der Waals surface area contributed by atoms with E-state index in [-0.39, 0.29) is 11.6 Å². The van der Waals surface area contributed by atoms with Crippen LogP contribution in [0.15, 0.2) is 83.0 Å². The Morgan fingerprint density at radius 1 is 0.839 bits per heavy atom. The molecule has 0 aliphatic heterocycles. The van der Waals surface area contributed by atoms with Gasteiger partial charge in [0.1, 0.15) is 0 Å². The Hall–Kier alpha value is -4.11. The van der Waals surface area contributed by atoms with Gasteiger partial charge in [0, 0.05) is 16.9 Å². The lowest BCUT2D eigenvalue weighted by Gasteiger charge is -2.08. The monoisotopic (exact) mass is 434 g/mol. The highest BCUT2D eigenvalue weighted by molar-refractivity contribution is 7.95. The first-order chi connectivity index (χ1) is 14.9. The largest absolute Gasteiger partial charge is 0.323 e. The van der Waals surface area contributed by atoms with E-state index >= 15 is 0 Å². The summed E-state index contributed by atoms with van der Waals surface area (Å²) in [7, 11) is -3.70. The van der Waals surface area contributed by atoms with E-state index in [1.807, 2.05) is 18.2 Å². The Morgan fingerprint density at radius 3 is 2.26 bits per heavy atom. The molecule has 4 rings (SSSR count). The molecule has 0 bridgehead atoms. The number of sulfonamides is 1. The fourth-order valence-corrected chi connectivity index (χ4v) is 3.80. The molecule has 0 saturated carbocycles. The second-order valence-electron chi connectivity index (χ2n) is 6.73. The van der Waals surface area contributed by atoms with Gasteiger partial charge in [-0.15, -0.1) is 0 Å². The highest BCUT2D eigenvalue weighted by Crippen LogP contribution is 2.17. The summed E-state index contributed by atoms with van der Waals surface area (Å²) in [4.78, 5) is 29.1. The van der Waals surface area contributed by atoms with E-state index in [0.717, 1.165) is 11.0 Å². The molecule has 31 heavy (non-hydrogen) atoms. The minimum Gasteiger partial charge on any atom is -0.322 e. The fourth-order valence-electron chi connectivity index (χ4n) is 2.93. The summed E-state index contributed by atoms with van der Waals surface area (Å²) >= 11 is 0. The molecule has 1 aromatic heterocycles. The third-order valence-electron chi connectivity index (χ3n) is 4.42. The van der Waals surface area contributed by atoms with Crippen LogP contribution in [-0.2, 0) is 10.0 Å². The summed E-state index contributed by atoms with van der Waals surface area (Å²) in [6.45, 7) is 0. The van der Waals surface area contributed by atoms with Gasteiger partial charge in [-0.2, -0.15) is 0 Å². The first kappa shape index (κ1) is 20.2. The van der Waals surface area contributed by atoms with Gasteiger partial charge in [-0.05, 0) is 54.1 Å². The Kier molecular flexibility index (Phi) is 5.42. The number of benzene rings is 3. The van der Waals surface area contributed by atoms with E-state index in [0.29, 0.717) is 28.0 Å². The number of rotatable bonds is 6. The molecule has 1 heterocycles. The van der Waals surface area contributed by atoms with Gasteiger partial charge in [0.15, 0.2) is 0 Å². The highest BCUT2D eigenvalue weighted by atomic mass is 32.2. The zero-order valence-corrected chi connectivity index (χ0v) is 16.9. The number of aromatic nitrogens is 2. The van der Waals surface area contributed by atoms with Crippen molar-refractivity contribution >= 4 is 44.4 Å². The van der Waals surface area contributed by atoms with Crippen LogP contribution in [0.5, 0.6) is 0 Å². The SMILES string of the molecule is O=C(Nc1ccc2[nH]c(=O)[nH]c2c1)c1ccc(NS(=O)(=O)/C=C/c2ccccc2)cc1. The van der Waals surface area contributed by atoms with Crippen LogP contribution in [0.3, 0.4) is 0 Å². The molecule has 4 aromatic rings. The minimum absolute atomic E-state index is 0.324. The molecule has 0 saturated heterocycles. The molecule has 4 N–H and O–H groups in total.